The second kappa shape index (κ2) is 33.3. The summed E-state index contributed by atoms with van der Waals surface area (Å²) in [7, 11) is -4.61. The Balaban J connectivity index is 2.53. The van der Waals surface area contributed by atoms with Crippen molar-refractivity contribution in [2.45, 2.75) is 179 Å². The Morgan fingerprint density at radius 2 is 1.11 bits per heavy atom. The smallest absolute Gasteiger partial charge is 0.306 e. The number of carbonyl (C=O) groups is 2. The van der Waals surface area contributed by atoms with Crippen molar-refractivity contribution >= 4 is 22.1 Å². The van der Waals surface area contributed by atoms with E-state index in [1.807, 2.05) is 12.2 Å². The molecule has 0 radical (unpaired) electrons. The first-order chi connectivity index (χ1) is 27.0. The average molecular weight is 813 g/mol. The zero-order valence-electron chi connectivity index (χ0n) is 34.0. The quantitative estimate of drug-likeness (QED) is 0.0219. The zero-order valence-corrected chi connectivity index (χ0v) is 34.8. The summed E-state index contributed by atoms with van der Waals surface area (Å²) in [4.78, 5) is 25.3. The maximum atomic E-state index is 12.7. The van der Waals surface area contributed by atoms with Crippen LogP contribution in [0.2, 0.25) is 0 Å². The molecule has 1 aliphatic rings. The minimum absolute atomic E-state index is 0.139. The van der Waals surface area contributed by atoms with Gasteiger partial charge in [-0.15, -0.1) is 0 Å². The number of unbranched alkanes of at least 4 members (excludes halogenated alkanes) is 11. The van der Waals surface area contributed by atoms with Gasteiger partial charge in [-0.25, -0.2) is 0 Å². The Morgan fingerprint density at radius 1 is 0.607 bits per heavy atom. The fourth-order valence-corrected chi connectivity index (χ4v) is 6.46. The zero-order chi connectivity index (χ0) is 41.3. The van der Waals surface area contributed by atoms with Crippen LogP contribution in [0.1, 0.15) is 142 Å². The lowest BCUT2D eigenvalue weighted by Crippen LogP contribution is -2.60. The molecule has 56 heavy (non-hydrogen) atoms. The van der Waals surface area contributed by atoms with E-state index in [-0.39, 0.29) is 19.4 Å². The van der Waals surface area contributed by atoms with E-state index in [0.29, 0.717) is 19.3 Å². The molecule has 6 atom stereocenters. The van der Waals surface area contributed by atoms with Crippen LogP contribution in [0, 0.1) is 0 Å². The van der Waals surface area contributed by atoms with Crippen LogP contribution in [0.25, 0.3) is 0 Å². The highest BCUT2D eigenvalue weighted by atomic mass is 32.2. The molecule has 0 aliphatic carbocycles. The number of carbonyl (C=O) groups excluding carboxylic acids is 2. The van der Waals surface area contributed by atoms with Crippen molar-refractivity contribution in [1.29, 1.82) is 0 Å². The van der Waals surface area contributed by atoms with Crippen molar-refractivity contribution in [3.63, 3.8) is 0 Å². The predicted octanol–water partition coefficient (Wildman–Crippen LogP) is 7.78. The van der Waals surface area contributed by atoms with E-state index in [4.69, 9.17) is 18.9 Å². The van der Waals surface area contributed by atoms with E-state index in [1.54, 1.807) is 0 Å². The Hall–Kier alpha value is -2.65. The lowest BCUT2D eigenvalue weighted by Gasteiger charge is -2.40. The third kappa shape index (κ3) is 27.9. The topological polar surface area (TPSA) is 186 Å². The molecule has 12 nitrogen and oxygen atoms in total. The van der Waals surface area contributed by atoms with Gasteiger partial charge in [-0.1, -0.05) is 120 Å². The summed E-state index contributed by atoms with van der Waals surface area (Å²) >= 11 is 0. The molecular formula is C43H72O12S. The van der Waals surface area contributed by atoms with E-state index in [0.717, 1.165) is 64.2 Å². The number of ether oxygens (including phenoxy) is 4. The van der Waals surface area contributed by atoms with Gasteiger partial charge in [0.1, 0.15) is 36.8 Å². The van der Waals surface area contributed by atoms with E-state index in [9.17, 15) is 37.9 Å². The molecule has 0 bridgehead atoms. The third-order valence-electron chi connectivity index (χ3n) is 9.07. The summed E-state index contributed by atoms with van der Waals surface area (Å²) in [6.45, 7) is 3.61. The minimum atomic E-state index is -4.61. The molecule has 322 valence electrons. The van der Waals surface area contributed by atoms with Gasteiger partial charge in [0.25, 0.3) is 10.1 Å². The van der Waals surface area contributed by atoms with Crippen molar-refractivity contribution in [2.24, 2.45) is 0 Å². The van der Waals surface area contributed by atoms with E-state index >= 15 is 0 Å². The van der Waals surface area contributed by atoms with Gasteiger partial charge >= 0.3 is 11.9 Å². The fourth-order valence-electron chi connectivity index (χ4n) is 5.77. The fraction of sp³-hybridized carbons (Fsp3) is 0.721. The third-order valence-corrected chi connectivity index (χ3v) is 9.82. The van der Waals surface area contributed by atoms with E-state index in [1.165, 1.54) is 32.1 Å². The highest BCUT2D eigenvalue weighted by molar-refractivity contribution is 7.85. The van der Waals surface area contributed by atoms with Gasteiger partial charge in [0.15, 0.2) is 12.4 Å². The maximum Gasteiger partial charge on any atom is 0.306 e. The van der Waals surface area contributed by atoms with Crippen LogP contribution in [0.15, 0.2) is 60.8 Å². The highest BCUT2D eigenvalue weighted by Gasteiger charge is 2.46. The average Bonchev–Trinajstić information content (AvgIpc) is 3.16. The normalized spacial score (nSPS) is 21.3. The molecule has 0 saturated carbocycles. The first-order valence-corrected chi connectivity index (χ1v) is 22.5. The monoisotopic (exact) mass is 812 g/mol. The van der Waals surface area contributed by atoms with Crippen LogP contribution in [0.3, 0.4) is 0 Å². The SMILES string of the molecule is CCCC/C=C/CCCCCCCC(=O)O[C@H](COC(=O)CCC/C=C/C/C=C/C/C=C/C/C=C/CCCCC)CO[C@H]1O[C@H](CS(=O)(=O)O)[C@@H](O)C(O)C1O. The molecule has 0 spiro atoms. The Labute approximate surface area is 336 Å². The van der Waals surface area contributed by atoms with Gasteiger partial charge < -0.3 is 34.3 Å². The van der Waals surface area contributed by atoms with Crippen LogP contribution in [-0.2, 0) is 38.7 Å². The molecule has 0 aromatic rings. The summed E-state index contributed by atoms with van der Waals surface area (Å²) < 4.78 is 53.8. The van der Waals surface area contributed by atoms with Crippen molar-refractivity contribution < 1.29 is 56.8 Å². The Bertz CT molecular complexity index is 1280. The number of aliphatic hydroxyl groups is 3. The largest absolute Gasteiger partial charge is 0.462 e. The molecule has 1 aliphatic heterocycles. The summed E-state index contributed by atoms with van der Waals surface area (Å²) in [5.41, 5.74) is 0. The summed E-state index contributed by atoms with van der Waals surface area (Å²) in [5, 5.41) is 30.8. The molecule has 13 heteroatoms. The first kappa shape index (κ1) is 51.4. The van der Waals surface area contributed by atoms with Crippen LogP contribution >= 0.6 is 0 Å². The highest BCUT2D eigenvalue weighted by Crippen LogP contribution is 2.24. The second-order valence-electron chi connectivity index (χ2n) is 14.3. The molecule has 0 amide bonds. The van der Waals surface area contributed by atoms with Crippen molar-refractivity contribution in [1.82, 2.24) is 0 Å². The van der Waals surface area contributed by atoms with Crippen molar-refractivity contribution in [2.75, 3.05) is 19.0 Å². The van der Waals surface area contributed by atoms with Crippen LogP contribution in [0.5, 0.6) is 0 Å². The van der Waals surface area contributed by atoms with Gasteiger partial charge in [-0.05, 0) is 70.6 Å². The lowest BCUT2D eigenvalue weighted by molar-refractivity contribution is -0.297. The Morgan fingerprint density at radius 3 is 1.71 bits per heavy atom. The number of allylic oxidation sites excluding steroid dienone is 10. The molecule has 1 fully saturated rings. The molecule has 1 heterocycles. The van der Waals surface area contributed by atoms with Crippen LogP contribution in [-0.4, -0.2) is 96.0 Å². The first-order valence-electron chi connectivity index (χ1n) is 20.8. The van der Waals surface area contributed by atoms with Crippen molar-refractivity contribution in [3.8, 4) is 0 Å². The molecule has 4 N–H and O–H groups in total. The minimum Gasteiger partial charge on any atom is -0.462 e. The molecule has 2 unspecified atom stereocenters. The van der Waals surface area contributed by atoms with Crippen LogP contribution < -0.4 is 0 Å². The van der Waals surface area contributed by atoms with Crippen LogP contribution in [0.4, 0.5) is 0 Å². The summed E-state index contributed by atoms with van der Waals surface area (Å²) in [6.07, 6.45) is 30.0. The second-order valence-corrected chi connectivity index (χ2v) is 15.8. The number of hydrogen-bond acceptors (Lipinski definition) is 11. The Kier molecular flexibility index (Phi) is 30.6. The van der Waals surface area contributed by atoms with Gasteiger partial charge in [0.2, 0.25) is 0 Å². The lowest BCUT2D eigenvalue weighted by atomic mass is 10.00. The van der Waals surface area contributed by atoms with E-state index < -0.39 is 71.2 Å². The van der Waals surface area contributed by atoms with Gasteiger partial charge in [0, 0.05) is 12.8 Å². The molecule has 0 aromatic carbocycles. The maximum absolute atomic E-state index is 12.7. The van der Waals surface area contributed by atoms with E-state index in [2.05, 4.69) is 62.5 Å². The van der Waals surface area contributed by atoms with Crippen molar-refractivity contribution in [3.05, 3.63) is 60.8 Å². The number of aliphatic hydroxyl groups excluding tert-OH is 3. The van der Waals surface area contributed by atoms with Gasteiger partial charge in [-0.3, -0.25) is 14.1 Å². The number of rotatable bonds is 33. The standard InChI is InChI=1S/C43H72O12S/c1-3-5-7-9-11-13-15-16-17-18-19-20-22-23-25-27-29-31-38(44)52-33-36(54-39(45)32-30-28-26-24-21-14-12-10-8-6-4-2)34-53-43-42(48)41(47)40(46)37(55-43)35-56(49,50)51/h10-13,16-17,19-20,23,25,36-37,40-43,46-48H,3-9,14-15,18,21-22,24,26-35H2,1-2H3,(H,49,50,51)/b12-10+,13-11+,17-16+,20-19+,25-23+/t36-,37-,40-,41?,42?,43+/m1/s1. The van der Waals surface area contributed by atoms with Gasteiger partial charge in [-0.2, -0.15) is 8.42 Å². The number of esters is 2. The number of hydrogen-bond donors (Lipinski definition) is 4. The molecule has 1 saturated heterocycles. The van der Waals surface area contributed by atoms with Gasteiger partial charge in [0.05, 0.1) is 6.61 Å². The molecule has 0 aromatic heterocycles. The molecule has 1 rings (SSSR count). The molecular weight excluding hydrogens is 741 g/mol. The summed E-state index contributed by atoms with van der Waals surface area (Å²) in [5.74, 6) is -2.08. The summed E-state index contributed by atoms with van der Waals surface area (Å²) in [6, 6.07) is 0. The predicted molar refractivity (Wildman–Crippen MR) is 219 cm³/mol.